The minimum absolute atomic E-state index is 2.46. The van der Waals surface area contributed by atoms with E-state index >= 15 is 0 Å². The van der Waals surface area contributed by atoms with Gasteiger partial charge in [0, 0.05) is 0 Å². The van der Waals surface area contributed by atoms with Crippen molar-refractivity contribution in [1.82, 2.24) is 0 Å². The number of carboxylic acid groups (broad SMARTS) is 4. The number of carbonyl (C=O) groups is 4. The fourth-order valence-corrected chi connectivity index (χ4v) is 0.549. The normalized spacial score (nSPS) is 10.5. The summed E-state index contributed by atoms with van der Waals surface area (Å²) in [5, 5.41) is 32.8. The van der Waals surface area contributed by atoms with Crippen molar-refractivity contribution in [2.75, 3.05) is 0 Å². The van der Waals surface area contributed by atoms with E-state index in [2.05, 4.69) is 0 Å². The van der Waals surface area contributed by atoms with Crippen LogP contribution >= 0.6 is 0 Å². The summed E-state index contributed by atoms with van der Waals surface area (Å²) >= 11 is 0. The molecule has 8 nitrogen and oxygen atoms in total. The first kappa shape index (κ1) is 10.9. The van der Waals surface area contributed by atoms with Crippen LogP contribution < -0.4 is 0 Å². The van der Waals surface area contributed by atoms with Crippen molar-refractivity contribution in [1.29, 1.82) is 0 Å². The van der Waals surface area contributed by atoms with Gasteiger partial charge in [-0.25, -0.2) is 19.2 Å². The lowest BCUT2D eigenvalue weighted by atomic mass is 9.89. The molecule has 4 N–H and O–H groups in total. The highest BCUT2D eigenvalue weighted by atomic mass is 16.4. The third kappa shape index (κ3) is 1.28. The average Bonchev–Trinajstić information content (AvgIpc) is 1.82. The first-order chi connectivity index (χ1) is 5.77. The average molecular weight is 192 g/mol. The van der Waals surface area contributed by atoms with E-state index in [9.17, 15) is 19.2 Å². The summed E-state index contributed by atoms with van der Waals surface area (Å²) in [5.41, 5.74) is -3.83. The van der Waals surface area contributed by atoms with E-state index in [1.807, 2.05) is 0 Å². The van der Waals surface area contributed by atoms with E-state index in [0.29, 0.717) is 0 Å². The summed E-state index contributed by atoms with van der Waals surface area (Å²) < 4.78 is 0. The van der Waals surface area contributed by atoms with Crippen LogP contribution in [-0.2, 0) is 19.2 Å². The number of rotatable bonds is 4. The summed E-state index contributed by atoms with van der Waals surface area (Å²) in [6, 6.07) is 0. The molecule has 0 fully saturated rings. The second-order valence-electron chi connectivity index (χ2n) is 1.97. The molecule has 0 amide bonds. The molecule has 0 radical (unpaired) electrons. The number of hydrogen-bond donors (Lipinski definition) is 4. The Hall–Kier alpha value is -2.12. The Bertz CT molecular complexity index is 227. The smallest absolute Gasteiger partial charge is 0.354 e. The van der Waals surface area contributed by atoms with Crippen LogP contribution in [0.25, 0.3) is 0 Å². The van der Waals surface area contributed by atoms with Gasteiger partial charge in [-0.2, -0.15) is 0 Å². The van der Waals surface area contributed by atoms with Crippen molar-refractivity contribution in [3.05, 3.63) is 0 Å². The second-order valence-corrected chi connectivity index (χ2v) is 1.97. The van der Waals surface area contributed by atoms with Gasteiger partial charge in [0.2, 0.25) is 0 Å². The largest absolute Gasteiger partial charge is 0.480 e. The van der Waals surface area contributed by atoms with Gasteiger partial charge in [-0.3, -0.25) is 0 Å². The first-order valence-electron chi connectivity index (χ1n) is 2.71. The maximum atomic E-state index is 10.2. The van der Waals surface area contributed by atoms with E-state index in [1.54, 1.807) is 0 Å². The van der Waals surface area contributed by atoms with E-state index in [1.165, 1.54) is 0 Å². The fraction of sp³-hybridized carbons (Fsp3) is 0.200. The van der Waals surface area contributed by atoms with Crippen LogP contribution in [0.1, 0.15) is 0 Å². The van der Waals surface area contributed by atoms with Crippen molar-refractivity contribution < 1.29 is 39.6 Å². The van der Waals surface area contributed by atoms with E-state index in [0.717, 1.165) is 0 Å². The SMILES string of the molecule is O=C(O)C(C(=O)O)(C(=O)O)C(=O)O. The molecule has 0 saturated carbocycles. The highest BCUT2D eigenvalue weighted by Crippen LogP contribution is 2.18. The van der Waals surface area contributed by atoms with Crippen molar-refractivity contribution in [3.63, 3.8) is 0 Å². The first-order valence-corrected chi connectivity index (χ1v) is 2.71. The van der Waals surface area contributed by atoms with Gasteiger partial charge in [0.05, 0.1) is 0 Å². The zero-order valence-electron chi connectivity index (χ0n) is 5.92. The molecular weight excluding hydrogens is 188 g/mol. The van der Waals surface area contributed by atoms with Crippen molar-refractivity contribution in [3.8, 4) is 0 Å². The third-order valence-electron chi connectivity index (χ3n) is 1.28. The molecule has 0 unspecified atom stereocenters. The minimum atomic E-state index is -3.83. The standard InChI is InChI=1S/C5H4O8/c6-1(7)5(2(8)9,3(10)11)4(12)13/h(H,6,7)(H,8,9)(H,10,11)(H,12,13). The van der Waals surface area contributed by atoms with Crippen LogP contribution in [0.5, 0.6) is 0 Å². The Morgan fingerprint density at radius 3 is 0.769 bits per heavy atom. The number of aliphatic carboxylic acids is 4. The predicted molar refractivity (Wildman–Crippen MR) is 33.0 cm³/mol. The van der Waals surface area contributed by atoms with E-state index in [-0.39, 0.29) is 0 Å². The zero-order valence-corrected chi connectivity index (χ0v) is 5.92. The summed E-state index contributed by atoms with van der Waals surface area (Å²) in [6.45, 7) is 0. The van der Waals surface area contributed by atoms with Crippen molar-refractivity contribution in [2.45, 2.75) is 0 Å². The van der Waals surface area contributed by atoms with Crippen LogP contribution in [0.2, 0.25) is 0 Å². The molecule has 13 heavy (non-hydrogen) atoms. The third-order valence-corrected chi connectivity index (χ3v) is 1.28. The van der Waals surface area contributed by atoms with Crippen molar-refractivity contribution in [2.24, 2.45) is 5.41 Å². The van der Waals surface area contributed by atoms with Crippen LogP contribution in [0.15, 0.2) is 0 Å². The molecule has 0 atom stereocenters. The molecule has 0 spiro atoms. The van der Waals surface area contributed by atoms with Gasteiger partial charge in [-0.15, -0.1) is 0 Å². The topological polar surface area (TPSA) is 149 Å². The molecule has 0 aliphatic rings. The minimum Gasteiger partial charge on any atom is -0.480 e. The monoisotopic (exact) mass is 192 g/mol. The molecule has 0 saturated heterocycles. The van der Waals surface area contributed by atoms with Gasteiger partial charge in [-0.05, 0) is 0 Å². The Labute approximate surface area is 70.0 Å². The molecule has 0 heterocycles. The maximum Gasteiger partial charge on any atom is 0.354 e. The number of carboxylic acids is 4. The Morgan fingerprint density at radius 1 is 0.615 bits per heavy atom. The molecule has 0 aromatic carbocycles. The van der Waals surface area contributed by atoms with E-state index < -0.39 is 29.3 Å². The molecule has 0 rings (SSSR count). The van der Waals surface area contributed by atoms with Crippen molar-refractivity contribution >= 4 is 23.9 Å². The lowest BCUT2D eigenvalue weighted by Gasteiger charge is -2.13. The Balaban J connectivity index is 5.60. The molecule has 0 aromatic rings. The summed E-state index contributed by atoms with van der Waals surface area (Å²) in [6.07, 6.45) is 0. The highest BCUT2D eigenvalue weighted by molar-refractivity contribution is 6.31. The van der Waals surface area contributed by atoms with Gasteiger partial charge in [0.25, 0.3) is 0 Å². The molecule has 72 valence electrons. The van der Waals surface area contributed by atoms with Gasteiger partial charge in [0.15, 0.2) is 0 Å². The summed E-state index contributed by atoms with van der Waals surface area (Å²) in [4.78, 5) is 40.8. The zero-order chi connectivity index (χ0) is 10.8. The molecule has 0 aromatic heterocycles. The molecule has 0 aliphatic heterocycles. The van der Waals surface area contributed by atoms with Gasteiger partial charge >= 0.3 is 29.3 Å². The summed E-state index contributed by atoms with van der Waals surface area (Å²) in [5.74, 6) is -9.83. The van der Waals surface area contributed by atoms with Gasteiger partial charge in [-0.1, -0.05) is 0 Å². The molecule has 8 heteroatoms. The fourth-order valence-electron chi connectivity index (χ4n) is 0.549. The van der Waals surface area contributed by atoms with Gasteiger partial charge in [0.1, 0.15) is 0 Å². The maximum absolute atomic E-state index is 10.2. The Kier molecular flexibility index (Phi) is 2.59. The van der Waals surface area contributed by atoms with Crippen LogP contribution in [0, 0.1) is 5.41 Å². The quantitative estimate of drug-likeness (QED) is 0.385. The summed E-state index contributed by atoms with van der Waals surface area (Å²) in [7, 11) is 0. The highest BCUT2D eigenvalue weighted by Gasteiger charge is 2.62. The van der Waals surface area contributed by atoms with E-state index in [4.69, 9.17) is 20.4 Å². The molecule has 0 aliphatic carbocycles. The Morgan fingerprint density at radius 2 is 0.769 bits per heavy atom. The predicted octanol–water partition coefficient (Wildman–Crippen LogP) is -1.69. The van der Waals surface area contributed by atoms with Gasteiger partial charge < -0.3 is 20.4 Å². The molecule has 0 bridgehead atoms. The molecular formula is C5H4O8. The lowest BCUT2D eigenvalue weighted by Crippen LogP contribution is -2.52. The number of hydrogen-bond acceptors (Lipinski definition) is 4. The lowest BCUT2D eigenvalue weighted by molar-refractivity contribution is -0.183. The second kappa shape index (κ2) is 3.09. The van der Waals surface area contributed by atoms with Crippen LogP contribution in [0.3, 0.4) is 0 Å². The van der Waals surface area contributed by atoms with Crippen LogP contribution in [-0.4, -0.2) is 44.3 Å². The van der Waals surface area contributed by atoms with Crippen LogP contribution in [0.4, 0.5) is 0 Å².